The SMILES string of the molecule is CN(C)C(=O)c1c(N)ccc(-c2cnc3c(c2Cl)[C@@]2(CC[C@@](C)(C(N)=O)C2)CN3)c1F. The fourth-order valence-electron chi connectivity index (χ4n) is 4.89. The van der Waals surface area contributed by atoms with Gasteiger partial charge < -0.3 is 21.7 Å². The molecule has 1 aromatic heterocycles. The highest BCUT2D eigenvalue weighted by atomic mass is 35.5. The molecule has 1 aromatic carbocycles. The van der Waals surface area contributed by atoms with Crippen LogP contribution in [0.5, 0.6) is 0 Å². The zero-order valence-electron chi connectivity index (χ0n) is 17.7. The predicted octanol–water partition coefficient (Wildman–Crippen LogP) is 3.16. The molecule has 1 aliphatic heterocycles. The first kappa shape index (κ1) is 21.4. The normalized spacial score (nSPS) is 24.2. The molecule has 1 aliphatic carbocycles. The Morgan fingerprint density at radius 1 is 1.26 bits per heavy atom. The number of carbonyl (C=O) groups is 2. The summed E-state index contributed by atoms with van der Waals surface area (Å²) in [6.07, 6.45) is 3.39. The van der Waals surface area contributed by atoms with Crippen molar-refractivity contribution in [3.05, 3.63) is 40.3 Å². The second-order valence-corrected chi connectivity index (χ2v) is 9.41. The number of halogens is 2. The molecule has 31 heavy (non-hydrogen) atoms. The van der Waals surface area contributed by atoms with Gasteiger partial charge in [-0.2, -0.15) is 0 Å². The van der Waals surface area contributed by atoms with Crippen LogP contribution in [0.4, 0.5) is 15.9 Å². The van der Waals surface area contributed by atoms with Crippen LogP contribution in [0.25, 0.3) is 11.1 Å². The summed E-state index contributed by atoms with van der Waals surface area (Å²) in [6.45, 7) is 2.45. The number of hydrogen-bond donors (Lipinski definition) is 3. The Balaban J connectivity index is 1.86. The van der Waals surface area contributed by atoms with E-state index in [1.54, 1.807) is 0 Å². The van der Waals surface area contributed by atoms with E-state index >= 15 is 4.39 Å². The number of nitrogen functional groups attached to an aromatic ring is 1. The minimum Gasteiger partial charge on any atom is -0.398 e. The fourth-order valence-corrected chi connectivity index (χ4v) is 5.33. The lowest BCUT2D eigenvalue weighted by molar-refractivity contribution is -0.126. The first-order chi connectivity index (χ1) is 14.5. The third-order valence-electron chi connectivity index (χ3n) is 6.70. The highest BCUT2D eigenvalue weighted by molar-refractivity contribution is 6.34. The first-order valence-corrected chi connectivity index (χ1v) is 10.4. The van der Waals surface area contributed by atoms with E-state index in [0.29, 0.717) is 42.2 Å². The van der Waals surface area contributed by atoms with E-state index in [-0.39, 0.29) is 22.7 Å². The van der Waals surface area contributed by atoms with E-state index in [9.17, 15) is 9.59 Å². The maximum absolute atomic E-state index is 15.5. The molecule has 2 aliphatic rings. The zero-order valence-corrected chi connectivity index (χ0v) is 18.4. The smallest absolute Gasteiger partial charge is 0.258 e. The summed E-state index contributed by atoms with van der Waals surface area (Å²) in [4.78, 5) is 30.3. The van der Waals surface area contributed by atoms with Crippen molar-refractivity contribution in [2.75, 3.05) is 31.7 Å². The maximum Gasteiger partial charge on any atom is 0.258 e. The molecule has 7 nitrogen and oxygen atoms in total. The highest BCUT2D eigenvalue weighted by Gasteiger charge is 2.53. The number of rotatable bonds is 3. The molecular weight excluding hydrogens is 421 g/mol. The van der Waals surface area contributed by atoms with E-state index in [0.717, 1.165) is 5.56 Å². The standard InChI is InChI=1S/C22H25ClFN5O2/c1-21(20(26)31)6-7-22(9-21)10-28-18-15(22)16(23)12(8-27-18)11-4-5-13(25)14(17(11)24)19(30)29(2)3/h4-5,8H,6-7,9-10,25H2,1-3H3,(H2,26,31)(H,27,28)/t21-,22-/m1/s1. The minimum absolute atomic E-state index is 0.0522. The summed E-state index contributed by atoms with van der Waals surface area (Å²) < 4.78 is 15.5. The van der Waals surface area contributed by atoms with Crippen molar-refractivity contribution in [1.29, 1.82) is 0 Å². The second kappa shape index (κ2) is 7.09. The third kappa shape index (κ3) is 3.12. The van der Waals surface area contributed by atoms with Gasteiger partial charge in [0.15, 0.2) is 0 Å². The molecule has 1 fully saturated rings. The number of nitrogens with two attached hydrogens (primary N) is 2. The van der Waals surface area contributed by atoms with E-state index < -0.39 is 22.6 Å². The molecule has 2 atom stereocenters. The number of nitrogens with one attached hydrogen (secondary N) is 1. The van der Waals surface area contributed by atoms with Gasteiger partial charge in [-0.15, -0.1) is 0 Å². The zero-order chi connectivity index (χ0) is 22.7. The fraction of sp³-hybridized carbons (Fsp3) is 0.409. The van der Waals surface area contributed by atoms with Crippen LogP contribution in [0.15, 0.2) is 18.3 Å². The second-order valence-electron chi connectivity index (χ2n) is 9.04. The highest BCUT2D eigenvalue weighted by Crippen LogP contribution is 2.57. The Kier molecular flexibility index (Phi) is 4.88. The summed E-state index contributed by atoms with van der Waals surface area (Å²) in [5.74, 6) is -0.985. The third-order valence-corrected chi connectivity index (χ3v) is 7.10. The van der Waals surface area contributed by atoms with Crippen LogP contribution >= 0.6 is 11.6 Å². The molecular formula is C22H25ClFN5O2. The molecule has 4 rings (SSSR count). The van der Waals surface area contributed by atoms with Crippen molar-refractivity contribution >= 4 is 34.9 Å². The molecule has 0 unspecified atom stereocenters. The molecule has 0 radical (unpaired) electrons. The molecule has 2 aromatic rings. The van der Waals surface area contributed by atoms with Gasteiger partial charge in [0.2, 0.25) is 5.91 Å². The quantitative estimate of drug-likeness (QED) is 0.628. The van der Waals surface area contributed by atoms with Crippen molar-refractivity contribution in [3.8, 4) is 11.1 Å². The van der Waals surface area contributed by atoms with Crippen molar-refractivity contribution in [2.24, 2.45) is 11.1 Å². The van der Waals surface area contributed by atoms with Crippen LogP contribution in [-0.2, 0) is 10.2 Å². The van der Waals surface area contributed by atoms with Crippen LogP contribution in [-0.4, -0.2) is 42.3 Å². The summed E-state index contributed by atoms with van der Waals surface area (Å²) >= 11 is 6.85. The van der Waals surface area contributed by atoms with Gasteiger partial charge in [-0.1, -0.05) is 18.5 Å². The number of benzene rings is 1. The van der Waals surface area contributed by atoms with Crippen LogP contribution < -0.4 is 16.8 Å². The predicted molar refractivity (Wildman–Crippen MR) is 118 cm³/mol. The Morgan fingerprint density at radius 3 is 2.58 bits per heavy atom. The van der Waals surface area contributed by atoms with Crippen LogP contribution in [0.3, 0.4) is 0 Å². The monoisotopic (exact) mass is 445 g/mol. The average molecular weight is 446 g/mol. The number of primary amides is 1. The number of anilines is 2. The summed E-state index contributed by atoms with van der Waals surface area (Å²) in [7, 11) is 3.06. The number of amides is 2. The van der Waals surface area contributed by atoms with Crippen LogP contribution in [0.2, 0.25) is 5.02 Å². The van der Waals surface area contributed by atoms with Gasteiger partial charge in [-0.3, -0.25) is 9.59 Å². The number of pyridine rings is 1. The van der Waals surface area contributed by atoms with E-state index in [1.165, 1.54) is 37.3 Å². The first-order valence-electron chi connectivity index (χ1n) is 10.0. The lowest BCUT2D eigenvalue weighted by atomic mass is 9.76. The van der Waals surface area contributed by atoms with Crippen molar-refractivity contribution in [1.82, 2.24) is 9.88 Å². The number of carbonyl (C=O) groups excluding carboxylic acids is 2. The number of aromatic nitrogens is 1. The van der Waals surface area contributed by atoms with Crippen LogP contribution in [0.1, 0.15) is 42.1 Å². The average Bonchev–Trinajstić information content (AvgIpc) is 3.24. The largest absolute Gasteiger partial charge is 0.398 e. The van der Waals surface area contributed by atoms with Gasteiger partial charge in [-0.05, 0) is 31.4 Å². The van der Waals surface area contributed by atoms with E-state index in [2.05, 4.69) is 10.3 Å². The van der Waals surface area contributed by atoms with Gasteiger partial charge in [0, 0.05) is 60.0 Å². The summed E-state index contributed by atoms with van der Waals surface area (Å²) in [6, 6.07) is 3.00. The van der Waals surface area contributed by atoms with E-state index in [1.807, 2.05) is 6.92 Å². The number of nitrogens with zero attached hydrogens (tertiary/aromatic N) is 2. The molecule has 2 amide bonds. The lowest BCUT2D eigenvalue weighted by Gasteiger charge is -2.27. The Labute approximate surface area is 184 Å². The van der Waals surface area contributed by atoms with Gasteiger partial charge in [-0.25, -0.2) is 9.37 Å². The Morgan fingerprint density at radius 2 is 1.97 bits per heavy atom. The Bertz CT molecular complexity index is 1120. The van der Waals surface area contributed by atoms with E-state index in [4.69, 9.17) is 23.1 Å². The lowest BCUT2D eigenvalue weighted by Crippen LogP contribution is -2.35. The van der Waals surface area contributed by atoms with Crippen LogP contribution in [0, 0.1) is 11.2 Å². The Hall–Kier alpha value is -2.87. The van der Waals surface area contributed by atoms with Gasteiger partial charge in [0.05, 0.1) is 10.6 Å². The van der Waals surface area contributed by atoms with Gasteiger partial charge in [0.25, 0.3) is 5.91 Å². The summed E-state index contributed by atoms with van der Waals surface area (Å²) in [5.41, 5.74) is 11.7. The minimum atomic E-state index is -0.740. The number of hydrogen-bond acceptors (Lipinski definition) is 5. The van der Waals surface area contributed by atoms with Crippen molar-refractivity contribution < 1.29 is 14.0 Å². The molecule has 1 saturated carbocycles. The van der Waals surface area contributed by atoms with Crippen molar-refractivity contribution in [3.63, 3.8) is 0 Å². The number of fused-ring (bicyclic) bond motifs is 2. The molecule has 9 heteroatoms. The van der Waals surface area contributed by atoms with Crippen molar-refractivity contribution in [2.45, 2.75) is 31.6 Å². The molecule has 2 heterocycles. The maximum atomic E-state index is 15.5. The summed E-state index contributed by atoms with van der Waals surface area (Å²) in [5, 5.41) is 3.63. The topological polar surface area (TPSA) is 114 Å². The molecule has 0 saturated heterocycles. The van der Waals surface area contributed by atoms with Gasteiger partial charge >= 0.3 is 0 Å². The molecule has 164 valence electrons. The van der Waals surface area contributed by atoms with Gasteiger partial charge in [0.1, 0.15) is 11.6 Å². The molecule has 0 bridgehead atoms. The molecule has 1 spiro atoms. The molecule has 5 N–H and O–H groups in total.